The predicted octanol–water partition coefficient (Wildman–Crippen LogP) is 7.45. The Kier molecular flexibility index (Phi) is 5.80. The summed E-state index contributed by atoms with van der Waals surface area (Å²) in [6.45, 7) is 5.13. The number of hydrogen-bond acceptors (Lipinski definition) is 0. The molecule has 0 radical (unpaired) electrons. The minimum absolute atomic E-state index is 0.866. The molecule has 1 heteroatoms. The van der Waals surface area contributed by atoms with E-state index in [1.165, 1.54) is 75.3 Å². The van der Waals surface area contributed by atoms with Crippen molar-refractivity contribution in [1.29, 1.82) is 0 Å². The first kappa shape index (κ1) is 18.2. The highest BCUT2D eigenvalue weighted by Gasteiger charge is 2.44. The van der Waals surface area contributed by atoms with Gasteiger partial charge in [0.2, 0.25) is 0 Å². The molecule has 0 bridgehead atoms. The molecule has 0 saturated heterocycles. The Labute approximate surface area is 160 Å². The lowest BCUT2D eigenvalue weighted by molar-refractivity contribution is 0.483. The molecule has 0 atom stereocenters. The Bertz CT molecular complexity index is 675. The average Bonchev–Trinajstić information content (AvgIpc) is 2.75. The molecule has 0 aliphatic heterocycles. The van der Waals surface area contributed by atoms with Gasteiger partial charge in [-0.05, 0) is 74.6 Å². The maximum atomic E-state index is 5.13. The van der Waals surface area contributed by atoms with Gasteiger partial charge in [0.25, 0.3) is 0 Å². The van der Waals surface area contributed by atoms with Crippen LogP contribution in [0.1, 0.15) is 64.2 Å². The van der Waals surface area contributed by atoms with Crippen molar-refractivity contribution in [1.82, 2.24) is 0 Å². The maximum Gasteiger partial charge on any atom is 0.0657 e. The van der Waals surface area contributed by atoms with Crippen LogP contribution in [0.3, 0.4) is 0 Å². The molecule has 138 valence electrons. The summed E-state index contributed by atoms with van der Waals surface area (Å²) >= 11 is 0. The average molecular weight is 365 g/mol. The van der Waals surface area contributed by atoms with E-state index in [0.717, 1.165) is 11.3 Å². The normalized spacial score (nSPS) is 20.2. The van der Waals surface area contributed by atoms with Crippen LogP contribution in [-0.4, -0.2) is 11.3 Å². The van der Waals surface area contributed by atoms with Gasteiger partial charge < -0.3 is 0 Å². The lowest BCUT2D eigenvalue weighted by atomic mass is 9.99. The minimum Gasteiger partial charge on any atom is -0.174 e. The van der Waals surface area contributed by atoms with Gasteiger partial charge in [-0.3, -0.25) is 0 Å². The van der Waals surface area contributed by atoms with Gasteiger partial charge in [-0.1, -0.05) is 62.6 Å². The van der Waals surface area contributed by atoms with E-state index < -0.39 is 7.26 Å². The zero-order chi connectivity index (χ0) is 17.8. The third kappa shape index (κ3) is 3.63. The van der Waals surface area contributed by atoms with Crippen LogP contribution in [-0.2, 0) is 0 Å². The Morgan fingerprint density at radius 1 is 0.615 bits per heavy atom. The van der Waals surface area contributed by atoms with Gasteiger partial charge in [0, 0.05) is 11.3 Å². The largest absolute Gasteiger partial charge is 0.174 e. The third-order valence-corrected chi connectivity index (χ3v) is 11.8. The molecular formula is C25H33P. The minimum atomic E-state index is -1.37. The van der Waals surface area contributed by atoms with Crippen molar-refractivity contribution in [3.05, 3.63) is 61.3 Å². The van der Waals surface area contributed by atoms with Crippen molar-refractivity contribution in [2.75, 3.05) is 0 Å². The molecule has 2 aromatic rings. The van der Waals surface area contributed by atoms with E-state index in [2.05, 4.69) is 54.6 Å². The molecular weight excluding hydrogens is 331 g/mol. The van der Waals surface area contributed by atoms with E-state index in [9.17, 15) is 0 Å². The zero-order valence-corrected chi connectivity index (χ0v) is 17.0. The summed E-state index contributed by atoms with van der Waals surface area (Å²) < 4.78 is 0. The molecule has 2 aliphatic rings. The Hall–Kier alpha value is -1.13. The van der Waals surface area contributed by atoms with Gasteiger partial charge in [0.05, 0.1) is 5.30 Å². The van der Waals surface area contributed by atoms with Crippen LogP contribution in [0.5, 0.6) is 0 Å². The lowest BCUT2D eigenvalue weighted by Gasteiger charge is -2.46. The molecule has 0 unspecified atom stereocenters. The highest BCUT2D eigenvalue weighted by atomic mass is 31.2. The van der Waals surface area contributed by atoms with Gasteiger partial charge in [-0.15, -0.1) is 0 Å². The fourth-order valence-electron chi connectivity index (χ4n) is 5.38. The van der Waals surface area contributed by atoms with E-state index >= 15 is 0 Å². The zero-order valence-electron chi connectivity index (χ0n) is 16.1. The second kappa shape index (κ2) is 8.26. The third-order valence-electron chi connectivity index (χ3n) is 6.89. The second-order valence-corrected chi connectivity index (χ2v) is 12.3. The van der Waals surface area contributed by atoms with Gasteiger partial charge in [0.15, 0.2) is 0 Å². The van der Waals surface area contributed by atoms with Crippen LogP contribution < -0.4 is 5.30 Å². The monoisotopic (exact) mass is 364 g/mol. The van der Waals surface area contributed by atoms with Crippen molar-refractivity contribution in [2.45, 2.75) is 75.5 Å². The SMILES string of the molecule is [CH2-][P+](c1cccc(-c2ccccc2)c1)(C1CCCCC1)C1CCCCC1. The number of rotatable bonds is 4. The molecule has 0 aromatic heterocycles. The highest BCUT2D eigenvalue weighted by molar-refractivity contribution is 7.85. The van der Waals surface area contributed by atoms with Gasteiger partial charge >= 0.3 is 0 Å². The summed E-state index contributed by atoms with van der Waals surface area (Å²) in [4.78, 5) is 0. The Balaban J connectivity index is 1.73. The van der Waals surface area contributed by atoms with Gasteiger partial charge in [-0.2, -0.15) is 6.66 Å². The first-order chi connectivity index (χ1) is 12.8. The van der Waals surface area contributed by atoms with E-state index in [1.807, 2.05) is 0 Å². The highest BCUT2D eigenvalue weighted by Crippen LogP contribution is 2.70. The summed E-state index contributed by atoms with van der Waals surface area (Å²) in [5.41, 5.74) is 4.45. The summed E-state index contributed by atoms with van der Waals surface area (Å²) in [7, 11) is -1.37. The molecule has 2 saturated carbocycles. The Morgan fingerprint density at radius 3 is 1.73 bits per heavy atom. The van der Waals surface area contributed by atoms with Crippen molar-refractivity contribution < 1.29 is 0 Å². The fourth-order valence-corrected chi connectivity index (χ4v) is 10.1. The van der Waals surface area contributed by atoms with E-state index in [4.69, 9.17) is 6.66 Å². The number of hydrogen-bond donors (Lipinski definition) is 0. The first-order valence-electron chi connectivity index (χ1n) is 10.7. The molecule has 0 spiro atoms. The first-order valence-corrected chi connectivity index (χ1v) is 12.8. The molecule has 2 aromatic carbocycles. The molecule has 2 aliphatic carbocycles. The Morgan fingerprint density at radius 2 is 1.15 bits per heavy atom. The molecule has 2 fully saturated rings. The summed E-state index contributed by atoms with van der Waals surface area (Å²) in [5, 5.41) is 1.61. The van der Waals surface area contributed by atoms with E-state index in [1.54, 1.807) is 5.30 Å². The van der Waals surface area contributed by atoms with Crippen LogP contribution >= 0.6 is 7.26 Å². The van der Waals surface area contributed by atoms with Crippen LogP contribution in [0.15, 0.2) is 54.6 Å². The van der Waals surface area contributed by atoms with Crippen molar-refractivity contribution in [3.8, 4) is 11.1 Å². The van der Waals surface area contributed by atoms with Crippen LogP contribution in [0.2, 0.25) is 0 Å². The summed E-state index contributed by atoms with van der Waals surface area (Å²) in [5.74, 6) is 0. The van der Waals surface area contributed by atoms with Crippen molar-refractivity contribution in [2.24, 2.45) is 0 Å². The van der Waals surface area contributed by atoms with Gasteiger partial charge in [0.1, 0.15) is 0 Å². The van der Waals surface area contributed by atoms with Crippen LogP contribution in [0, 0.1) is 6.66 Å². The summed E-state index contributed by atoms with van der Waals surface area (Å²) in [6.07, 6.45) is 14.2. The number of benzene rings is 2. The van der Waals surface area contributed by atoms with Crippen molar-refractivity contribution >= 4 is 12.6 Å². The van der Waals surface area contributed by atoms with Crippen LogP contribution in [0.4, 0.5) is 0 Å². The molecule has 26 heavy (non-hydrogen) atoms. The smallest absolute Gasteiger partial charge is 0.0657 e. The molecule has 0 nitrogen and oxygen atoms in total. The van der Waals surface area contributed by atoms with E-state index in [-0.39, 0.29) is 0 Å². The van der Waals surface area contributed by atoms with E-state index in [0.29, 0.717) is 0 Å². The molecule has 0 heterocycles. The summed E-state index contributed by atoms with van der Waals surface area (Å²) in [6, 6.07) is 20.4. The van der Waals surface area contributed by atoms with Crippen molar-refractivity contribution in [3.63, 3.8) is 0 Å². The van der Waals surface area contributed by atoms with Crippen LogP contribution in [0.25, 0.3) is 11.1 Å². The van der Waals surface area contributed by atoms with Gasteiger partial charge in [-0.25, -0.2) is 0 Å². The quantitative estimate of drug-likeness (QED) is 0.390. The molecule has 0 amide bonds. The standard InChI is InChI=1S/C25H33P/c1-26(23-15-7-3-8-16-23,24-17-9-4-10-18-24)25-19-11-14-22(20-25)21-12-5-2-6-13-21/h2,5-6,11-14,19-20,23-24H,1,3-4,7-10,15-18H2. The maximum absolute atomic E-state index is 5.13. The molecule has 0 N–H and O–H groups in total. The lowest BCUT2D eigenvalue weighted by Crippen LogP contribution is -2.33. The fraction of sp³-hybridized carbons (Fsp3) is 0.480. The molecule has 4 rings (SSSR count). The second-order valence-electron chi connectivity index (χ2n) is 8.43. The predicted molar refractivity (Wildman–Crippen MR) is 118 cm³/mol. The topological polar surface area (TPSA) is 0 Å².